The number of fused-ring (bicyclic) bond motifs is 1. The van der Waals surface area contributed by atoms with Crippen molar-refractivity contribution < 1.29 is 9.18 Å². The van der Waals surface area contributed by atoms with Gasteiger partial charge in [0.1, 0.15) is 22.9 Å². The van der Waals surface area contributed by atoms with Gasteiger partial charge in [-0.15, -0.1) is 0 Å². The molecular weight excluding hydrogens is 313 g/mol. The van der Waals surface area contributed by atoms with Gasteiger partial charge in [-0.1, -0.05) is 0 Å². The number of carbonyl (C=O) groups excluding carboxylic acids is 1. The van der Waals surface area contributed by atoms with Crippen molar-refractivity contribution in [2.75, 3.05) is 6.54 Å². The van der Waals surface area contributed by atoms with Gasteiger partial charge < -0.3 is 14.9 Å². The van der Waals surface area contributed by atoms with E-state index in [1.165, 1.54) is 36.8 Å². The SMILES string of the molecule is N#Cc1cn(CCNC(=O)c2ccc(F)cc2)c2c(=O)[nH]cnc12. The van der Waals surface area contributed by atoms with E-state index < -0.39 is 5.82 Å². The number of aromatic amines is 1. The van der Waals surface area contributed by atoms with Crippen molar-refractivity contribution in [3.05, 3.63) is 64.1 Å². The first kappa shape index (κ1) is 15.4. The van der Waals surface area contributed by atoms with Crippen LogP contribution in [-0.2, 0) is 6.54 Å². The maximum atomic E-state index is 12.8. The van der Waals surface area contributed by atoms with Crippen LogP contribution in [0.3, 0.4) is 0 Å². The van der Waals surface area contributed by atoms with Crippen LogP contribution in [-0.4, -0.2) is 27.0 Å². The summed E-state index contributed by atoms with van der Waals surface area (Å²) in [5, 5.41) is 11.8. The fourth-order valence-corrected chi connectivity index (χ4v) is 2.39. The van der Waals surface area contributed by atoms with Gasteiger partial charge in [0.15, 0.2) is 0 Å². The standard InChI is InChI=1S/C16H12FN5O2/c17-12-3-1-10(2-4-12)15(23)19-5-6-22-8-11(7-18)13-14(22)16(24)21-9-20-13/h1-4,8-9H,5-6H2,(H,19,23)(H,20,21,24). The van der Waals surface area contributed by atoms with Gasteiger partial charge >= 0.3 is 0 Å². The third-order valence-corrected chi connectivity index (χ3v) is 3.52. The molecule has 120 valence electrons. The molecule has 1 aromatic carbocycles. The van der Waals surface area contributed by atoms with Crippen LogP contribution in [0, 0.1) is 17.1 Å². The Bertz CT molecular complexity index is 998. The number of nitriles is 1. The Morgan fingerprint density at radius 3 is 2.83 bits per heavy atom. The summed E-state index contributed by atoms with van der Waals surface area (Å²) in [6.07, 6.45) is 2.77. The van der Waals surface area contributed by atoms with E-state index in [2.05, 4.69) is 15.3 Å². The van der Waals surface area contributed by atoms with Crippen molar-refractivity contribution >= 4 is 16.9 Å². The van der Waals surface area contributed by atoms with E-state index in [1.54, 1.807) is 4.57 Å². The highest BCUT2D eigenvalue weighted by Crippen LogP contribution is 2.14. The summed E-state index contributed by atoms with van der Waals surface area (Å²) in [4.78, 5) is 30.4. The Kier molecular flexibility index (Phi) is 4.07. The Morgan fingerprint density at radius 2 is 2.12 bits per heavy atom. The quantitative estimate of drug-likeness (QED) is 0.751. The Morgan fingerprint density at radius 1 is 1.38 bits per heavy atom. The van der Waals surface area contributed by atoms with Crippen LogP contribution >= 0.6 is 0 Å². The molecule has 24 heavy (non-hydrogen) atoms. The number of benzene rings is 1. The monoisotopic (exact) mass is 325 g/mol. The van der Waals surface area contributed by atoms with E-state index in [-0.39, 0.29) is 23.5 Å². The van der Waals surface area contributed by atoms with E-state index in [9.17, 15) is 14.0 Å². The summed E-state index contributed by atoms with van der Waals surface area (Å²) in [6, 6.07) is 7.18. The molecule has 0 saturated heterocycles. The number of H-pyrrole nitrogens is 1. The molecule has 7 nitrogen and oxygen atoms in total. The van der Waals surface area contributed by atoms with Gasteiger partial charge in [0.2, 0.25) is 0 Å². The Labute approximate surface area is 135 Å². The number of rotatable bonds is 4. The predicted molar refractivity (Wildman–Crippen MR) is 83.8 cm³/mol. The largest absolute Gasteiger partial charge is 0.350 e. The number of nitrogens with zero attached hydrogens (tertiary/aromatic N) is 3. The summed E-state index contributed by atoms with van der Waals surface area (Å²) >= 11 is 0. The van der Waals surface area contributed by atoms with Gasteiger partial charge in [0, 0.05) is 24.8 Å². The highest BCUT2D eigenvalue weighted by atomic mass is 19.1. The summed E-state index contributed by atoms with van der Waals surface area (Å²) in [5.74, 6) is -0.764. The van der Waals surface area contributed by atoms with Crippen LogP contribution in [0.5, 0.6) is 0 Å². The summed E-state index contributed by atoms with van der Waals surface area (Å²) in [5.41, 5.74) is 0.884. The molecule has 0 fully saturated rings. The fraction of sp³-hybridized carbons (Fsp3) is 0.125. The van der Waals surface area contributed by atoms with Gasteiger partial charge in [-0.2, -0.15) is 5.26 Å². The van der Waals surface area contributed by atoms with Crippen LogP contribution in [0.4, 0.5) is 4.39 Å². The molecule has 0 aliphatic heterocycles. The number of nitrogens with one attached hydrogen (secondary N) is 2. The smallest absolute Gasteiger partial charge is 0.275 e. The summed E-state index contributed by atoms with van der Waals surface area (Å²) in [7, 11) is 0. The molecular formula is C16H12FN5O2. The molecule has 0 atom stereocenters. The van der Waals surface area contributed by atoms with Crippen LogP contribution in [0.15, 0.2) is 41.6 Å². The average molecular weight is 325 g/mol. The van der Waals surface area contributed by atoms with Gasteiger partial charge in [-0.25, -0.2) is 9.37 Å². The van der Waals surface area contributed by atoms with E-state index in [0.717, 1.165) is 0 Å². The second-order valence-electron chi connectivity index (χ2n) is 5.04. The molecule has 0 aliphatic carbocycles. The zero-order valence-electron chi connectivity index (χ0n) is 12.4. The van der Waals surface area contributed by atoms with Gasteiger partial charge in [0.25, 0.3) is 11.5 Å². The topological polar surface area (TPSA) is 104 Å². The van der Waals surface area contributed by atoms with E-state index in [0.29, 0.717) is 23.2 Å². The van der Waals surface area contributed by atoms with Crippen molar-refractivity contribution in [2.24, 2.45) is 0 Å². The van der Waals surface area contributed by atoms with Crippen molar-refractivity contribution in [2.45, 2.75) is 6.54 Å². The van der Waals surface area contributed by atoms with Crippen molar-refractivity contribution in [1.29, 1.82) is 5.26 Å². The zero-order valence-corrected chi connectivity index (χ0v) is 12.4. The highest BCUT2D eigenvalue weighted by Gasteiger charge is 2.13. The van der Waals surface area contributed by atoms with Crippen molar-refractivity contribution in [1.82, 2.24) is 19.9 Å². The minimum Gasteiger partial charge on any atom is -0.350 e. The second kappa shape index (κ2) is 6.34. The minimum atomic E-state index is -0.416. The molecule has 0 spiro atoms. The number of hydrogen-bond donors (Lipinski definition) is 2. The lowest BCUT2D eigenvalue weighted by molar-refractivity contribution is 0.0952. The molecule has 2 aromatic heterocycles. The molecule has 0 unspecified atom stereocenters. The molecule has 8 heteroatoms. The van der Waals surface area contributed by atoms with E-state index >= 15 is 0 Å². The second-order valence-corrected chi connectivity index (χ2v) is 5.04. The normalized spacial score (nSPS) is 10.5. The van der Waals surface area contributed by atoms with E-state index in [1.807, 2.05) is 6.07 Å². The Hall–Kier alpha value is -3.47. The lowest BCUT2D eigenvalue weighted by Gasteiger charge is -2.07. The first-order valence-corrected chi connectivity index (χ1v) is 7.10. The number of amides is 1. The molecule has 0 bridgehead atoms. The molecule has 1 amide bonds. The van der Waals surface area contributed by atoms with Crippen LogP contribution in [0.1, 0.15) is 15.9 Å². The van der Waals surface area contributed by atoms with Gasteiger partial charge in [-0.05, 0) is 24.3 Å². The Balaban J connectivity index is 1.75. The van der Waals surface area contributed by atoms with Gasteiger partial charge in [-0.3, -0.25) is 9.59 Å². The molecule has 0 radical (unpaired) electrons. The predicted octanol–water partition coefficient (Wildman–Crippen LogP) is 1.17. The molecule has 3 rings (SSSR count). The average Bonchev–Trinajstić information content (AvgIpc) is 2.95. The zero-order chi connectivity index (χ0) is 17.1. The first-order chi connectivity index (χ1) is 11.6. The molecule has 3 aromatic rings. The van der Waals surface area contributed by atoms with E-state index in [4.69, 9.17) is 5.26 Å². The van der Waals surface area contributed by atoms with Crippen LogP contribution in [0.25, 0.3) is 11.0 Å². The summed E-state index contributed by atoms with van der Waals surface area (Å²) in [6.45, 7) is 0.527. The maximum absolute atomic E-state index is 12.8. The third kappa shape index (κ3) is 2.87. The van der Waals surface area contributed by atoms with Gasteiger partial charge in [0.05, 0.1) is 11.9 Å². The molecule has 2 heterocycles. The lowest BCUT2D eigenvalue weighted by Crippen LogP contribution is -2.27. The third-order valence-electron chi connectivity index (χ3n) is 3.52. The van der Waals surface area contributed by atoms with Crippen molar-refractivity contribution in [3.8, 4) is 6.07 Å². The first-order valence-electron chi connectivity index (χ1n) is 7.10. The molecule has 0 saturated carbocycles. The number of halogens is 1. The fourth-order valence-electron chi connectivity index (χ4n) is 2.39. The maximum Gasteiger partial charge on any atom is 0.275 e. The molecule has 2 N–H and O–H groups in total. The summed E-state index contributed by atoms with van der Waals surface area (Å²) < 4.78 is 14.4. The highest BCUT2D eigenvalue weighted by molar-refractivity contribution is 5.94. The number of hydrogen-bond acceptors (Lipinski definition) is 4. The number of carbonyl (C=O) groups is 1. The van der Waals surface area contributed by atoms with Crippen LogP contribution < -0.4 is 10.9 Å². The minimum absolute atomic E-state index is 0.235. The molecule has 0 aliphatic rings. The van der Waals surface area contributed by atoms with Crippen LogP contribution in [0.2, 0.25) is 0 Å². The number of aromatic nitrogens is 3. The lowest BCUT2D eigenvalue weighted by atomic mass is 10.2. The van der Waals surface area contributed by atoms with Crippen molar-refractivity contribution in [3.63, 3.8) is 0 Å².